The summed E-state index contributed by atoms with van der Waals surface area (Å²) in [6.45, 7) is 0. The van der Waals surface area contributed by atoms with Crippen LogP contribution in [0.3, 0.4) is 0 Å². The van der Waals surface area contributed by atoms with E-state index in [4.69, 9.17) is 0 Å². The second kappa shape index (κ2) is 16.1. The van der Waals surface area contributed by atoms with Crippen molar-refractivity contribution in [2.75, 3.05) is 0 Å². The van der Waals surface area contributed by atoms with Gasteiger partial charge < -0.3 is 0 Å². The van der Waals surface area contributed by atoms with E-state index in [-0.39, 0.29) is 203 Å². The minimum atomic E-state index is 0. The molecule has 4 heteroatoms. The molecular weight excluding hydrogens is 379 g/mol. The molecule has 0 unspecified atom stereocenters. The summed E-state index contributed by atoms with van der Waals surface area (Å²) in [7, 11) is 0. The van der Waals surface area contributed by atoms with Crippen LogP contribution in [0.15, 0.2) is 0 Å². The summed E-state index contributed by atoms with van der Waals surface area (Å²) in [5.74, 6) is 0. The van der Waals surface area contributed by atoms with Crippen molar-refractivity contribution in [1.29, 1.82) is 0 Å². The number of rotatable bonds is 0. The molecule has 0 saturated carbocycles. The minimum Gasteiger partial charge on any atom is 0 e. The molecular formula is H3CsKRbSb. The molecule has 0 saturated heterocycles. The Bertz CT molecular complexity index is 8.00. The maximum Gasteiger partial charge on any atom is 0 e. The van der Waals surface area contributed by atoms with Crippen molar-refractivity contribution in [3.63, 3.8) is 0 Å². The van der Waals surface area contributed by atoms with Crippen LogP contribution in [0.1, 0.15) is 0 Å². The summed E-state index contributed by atoms with van der Waals surface area (Å²) in [6, 6.07) is 0. The molecule has 0 rings (SSSR count). The third-order valence-electron chi connectivity index (χ3n) is 0. The van der Waals surface area contributed by atoms with Gasteiger partial charge >= 0.3 is 178 Å². The standard InChI is InChI=1S/Cs.K.Rb.Sb.3H. The van der Waals surface area contributed by atoms with Gasteiger partial charge in [-0.1, -0.05) is 0 Å². The van der Waals surface area contributed by atoms with E-state index in [0.717, 1.165) is 0 Å². The normalized spacial score (nSPS) is 0. The van der Waals surface area contributed by atoms with Crippen LogP contribution < -0.4 is 0 Å². The Morgan fingerprint density at radius 3 is 1.00 bits per heavy atom. The van der Waals surface area contributed by atoms with Crippen molar-refractivity contribution >= 4 is 203 Å². The van der Waals surface area contributed by atoms with Crippen LogP contribution in [0.25, 0.3) is 0 Å². The monoisotopic (exact) mass is 381 g/mol. The first-order chi connectivity index (χ1) is 0. The van der Waals surface area contributed by atoms with E-state index < -0.39 is 0 Å². The van der Waals surface area contributed by atoms with E-state index in [1.165, 1.54) is 0 Å². The maximum absolute atomic E-state index is 0. The Labute approximate surface area is 194 Å². The van der Waals surface area contributed by atoms with Gasteiger partial charge in [-0.15, -0.1) is 0 Å². The molecule has 0 aromatic rings. The van der Waals surface area contributed by atoms with E-state index in [2.05, 4.69) is 0 Å². The first-order valence-corrected chi connectivity index (χ1v) is 0. The van der Waals surface area contributed by atoms with Crippen molar-refractivity contribution in [2.45, 2.75) is 0 Å². The summed E-state index contributed by atoms with van der Waals surface area (Å²) in [6.07, 6.45) is 0. The van der Waals surface area contributed by atoms with Gasteiger partial charge in [-0.05, 0) is 0 Å². The van der Waals surface area contributed by atoms with Crippen molar-refractivity contribution in [3.8, 4) is 0 Å². The van der Waals surface area contributed by atoms with E-state index in [0.29, 0.717) is 0 Å². The van der Waals surface area contributed by atoms with Crippen molar-refractivity contribution < 1.29 is 0 Å². The van der Waals surface area contributed by atoms with Crippen LogP contribution in [0.2, 0.25) is 0 Å². The van der Waals surface area contributed by atoms with Crippen LogP contribution in [0, 0.1) is 0 Å². The molecule has 0 fully saturated rings. The van der Waals surface area contributed by atoms with E-state index in [9.17, 15) is 0 Å². The molecule has 0 heterocycles. The van der Waals surface area contributed by atoms with Crippen LogP contribution in [0.4, 0.5) is 0 Å². The largest absolute Gasteiger partial charge is 0 e. The molecule has 0 bridgehead atoms. The maximum atomic E-state index is 0. The zero-order valence-corrected chi connectivity index (χ0v) is 3.00. The Morgan fingerprint density at radius 2 is 1.00 bits per heavy atom. The quantitative estimate of drug-likeness (QED) is 0.413. The second-order valence-electron chi connectivity index (χ2n) is 0. The molecule has 0 atom stereocenters. The smallest absolute Gasteiger partial charge is 0 e. The van der Waals surface area contributed by atoms with Gasteiger partial charge in [0.15, 0.2) is 0 Å². The molecule has 0 amide bonds. The van der Waals surface area contributed by atoms with Gasteiger partial charge in [0.2, 0.25) is 0 Å². The summed E-state index contributed by atoms with van der Waals surface area (Å²) >= 11 is 0. The van der Waals surface area contributed by atoms with E-state index in [1.54, 1.807) is 0 Å². The third kappa shape index (κ3) is 11.2. The van der Waals surface area contributed by atoms with Gasteiger partial charge in [0.05, 0.1) is 0 Å². The molecule has 11 valence electrons. The van der Waals surface area contributed by atoms with Crippen LogP contribution in [0.5, 0.6) is 0 Å². The molecule has 0 aliphatic rings. The summed E-state index contributed by atoms with van der Waals surface area (Å²) in [5, 5.41) is 0. The van der Waals surface area contributed by atoms with Gasteiger partial charge in [0.25, 0.3) is 0 Å². The fourth-order valence-electron chi connectivity index (χ4n) is 0. The van der Waals surface area contributed by atoms with Gasteiger partial charge in [-0.3, -0.25) is 0 Å². The van der Waals surface area contributed by atoms with Crippen molar-refractivity contribution in [2.24, 2.45) is 0 Å². The summed E-state index contributed by atoms with van der Waals surface area (Å²) in [4.78, 5) is 0. The SMILES string of the molecule is [CsH].[KH].[RbH].[Sb]. The second-order valence-corrected chi connectivity index (χ2v) is 0. The van der Waals surface area contributed by atoms with Gasteiger partial charge in [0, 0.05) is 24.4 Å². The Morgan fingerprint density at radius 1 is 1.00 bits per heavy atom. The predicted molar refractivity (Wildman–Crippen MR) is 27.2 cm³/mol. The average Bonchev–Trinajstić information content (AvgIpc) is 0. The molecule has 0 nitrogen and oxygen atoms in total. The zero-order valence-electron chi connectivity index (χ0n) is 0.447. The fourth-order valence-corrected chi connectivity index (χ4v) is 0. The van der Waals surface area contributed by atoms with Crippen molar-refractivity contribution in [3.05, 3.63) is 0 Å². The molecule has 0 N–H and O–H groups in total. The van der Waals surface area contributed by atoms with Gasteiger partial charge in [-0.2, -0.15) is 0 Å². The summed E-state index contributed by atoms with van der Waals surface area (Å²) in [5.41, 5.74) is 0. The number of hydrogen-bond donors (Lipinski definition) is 0. The van der Waals surface area contributed by atoms with E-state index in [1.807, 2.05) is 0 Å². The predicted octanol–water partition coefficient (Wildman–Crippen LogP) is -2.33. The molecule has 0 aliphatic carbocycles. The Kier molecular flexibility index (Phi) is 90.6. The van der Waals surface area contributed by atoms with E-state index >= 15 is 0 Å². The van der Waals surface area contributed by atoms with Crippen LogP contribution in [-0.4, -0.2) is 203 Å². The Balaban J connectivity index is 0. The van der Waals surface area contributed by atoms with Crippen molar-refractivity contribution in [1.82, 2.24) is 0 Å². The fraction of sp³-hybridized carbons (Fsp3) is 0. The Hall–Kier alpha value is 6.31. The van der Waals surface area contributed by atoms with Crippen LogP contribution in [-0.2, 0) is 0 Å². The first kappa shape index (κ1) is 22.4. The van der Waals surface area contributed by atoms with Gasteiger partial charge in [0.1, 0.15) is 0 Å². The summed E-state index contributed by atoms with van der Waals surface area (Å²) < 4.78 is 0. The topological polar surface area (TPSA) is 0 Å². The minimum absolute atomic E-state index is 0. The molecule has 0 spiro atoms. The number of hydrogen-bond acceptors (Lipinski definition) is 0. The molecule has 0 aromatic heterocycles. The third-order valence-corrected chi connectivity index (χ3v) is 0. The first-order valence-electron chi connectivity index (χ1n) is 0. The molecule has 0 aromatic carbocycles. The average molecular weight is 382 g/mol. The molecule has 4 heavy (non-hydrogen) atoms. The zero-order chi connectivity index (χ0) is 0. The van der Waals surface area contributed by atoms with Gasteiger partial charge in [-0.25, -0.2) is 0 Å². The molecule has 0 aliphatic heterocycles. The van der Waals surface area contributed by atoms with Crippen LogP contribution >= 0.6 is 0 Å². The molecule has 3 radical (unpaired) electrons.